The van der Waals surface area contributed by atoms with Gasteiger partial charge in [-0.2, -0.15) is 0 Å². The minimum atomic E-state index is 0.549. The summed E-state index contributed by atoms with van der Waals surface area (Å²) < 4.78 is 10.9. The molecule has 0 aliphatic heterocycles. The Morgan fingerprint density at radius 1 is 1.00 bits per heavy atom. The zero-order chi connectivity index (χ0) is 12.3. The number of nitrogens with one attached hydrogen (secondary N) is 1. The Hall–Kier alpha value is -0.120. The van der Waals surface area contributed by atoms with Gasteiger partial charge in [0.25, 0.3) is 0 Å². The Balaban J connectivity index is 1.81. The zero-order valence-electron chi connectivity index (χ0n) is 11.5. The van der Waals surface area contributed by atoms with Gasteiger partial charge in [-0.15, -0.1) is 0 Å². The summed E-state index contributed by atoms with van der Waals surface area (Å²) in [4.78, 5) is 0. The molecule has 1 rings (SSSR count). The van der Waals surface area contributed by atoms with Crippen molar-refractivity contribution in [2.45, 2.75) is 51.6 Å². The van der Waals surface area contributed by atoms with Crippen LogP contribution in [0.4, 0.5) is 0 Å². The summed E-state index contributed by atoms with van der Waals surface area (Å²) in [6.07, 6.45) is 8.17. The summed E-state index contributed by atoms with van der Waals surface area (Å²) in [5, 5.41) is 3.35. The van der Waals surface area contributed by atoms with Crippen molar-refractivity contribution < 1.29 is 9.47 Å². The number of rotatable bonds is 9. The summed E-state index contributed by atoms with van der Waals surface area (Å²) in [5.74, 6) is 0.917. The molecule has 0 bridgehead atoms. The monoisotopic (exact) mass is 243 g/mol. The van der Waals surface area contributed by atoms with E-state index in [4.69, 9.17) is 9.47 Å². The molecular formula is C14H29NO2. The van der Waals surface area contributed by atoms with Gasteiger partial charge in [0.2, 0.25) is 0 Å². The molecule has 102 valence electrons. The SMILES string of the molecule is COCCNCCCCOC1CCC(C)CC1. The van der Waals surface area contributed by atoms with E-state index in [0.29, 0.717) is 6.10 Å². The molecule has 1 fully saturated rings. The highest BCUT2D eigenvalue weighted by Crippen LogP contribution is 2.25. The maximum atomic E-state index is 5.91. The Morgan fingerprint density at radius 2 is 1.76 bits per heavy atom. The van der Waals surface area contributed by atoms with Crippen molar-refractivity contribution in [1.82, 2.24) is 5.32 Å². The molecule has 0 spiro atoms. The first-order valence-corrected chi connectivity index (χ1v) is 7.14. The quantitative estimate of drug-likeness (QED) is 0.631. The predicted octanol–water partition coefficient (Wildman–Crippen LogP) is 2.60. The van der Waals surface area contributed by atoms with Crippen LogP contribution >= 0.6 is 0 Å². The molecule has 0 saturated heterocycles. The van der Waals surface area contributed by atoms with Gasteiger partial charge >= 0.3 is 0 Å². The summed E-state index contributed by atoms with van der Waals surface area (Å²) >= 11 is 0. The highest BCUT2D eigenvalue weighted by molar-refractivity contribution is 4.69. The van der Waals surface area contributed by atoms with Gasteiger partial charge in [0, 0.05) is 20.3 Å². The van der Waals surface area contributed by atoms with Gasteiger partial charge in [0.05, 0.1) is 12.7 Å². The van der Waals surface area contributed by atoms with Crippen molar-refractivity contribution in [2.75, 3.05) is 33.4 Å². The first-order chi connectivity index (χ1) is 8.33. The number of ether oxygens (including phenoxy) is 2. The third kappa shape index (κ3) is 7.74. The normalized spacial score (nSPS) is 25.1. The number of hydrogen-bond acceptors (Lipinski definition) is 3. The van der Waals surface area contributed by atoms with Crippen LogP contribution < -0.4 is 5.32 Å². The molecule has 17 heavy (non-hydrogen) atoms. The average Bonchev–Trinajstić information content (AvgIpc) is 2.35. The standard InChI is InChI=1S/C14H29NO2/c1-13-5-7-14(8-6-13)17-11-4-3-9-15-10-12-16-2/h13-15H,3-12H2,1-2H3. The molecule has 0 amide bonds. The van der Waals surface area contributed by atoms with Crippen LogP contribution in [-0.4, -0.2) is 39.5 Å². The third-order valence-electron chi connectivity index (χ3n) is 3.55. The minimum Gasteiger partial charge on any atom is -0.383 e. The first kappa shape index (κ1) is 14.9. The summed E-state index contributed by atoms with van der Waals surface area (Å²) in [5.41, 5.74) is 0. The van der Waals surface area contributed by atoms with Crippen molar-refractivity contribution in [3.63, 3.8) is 0 Å². The van der Waals surface area contributed by atoms with Crippen molar-refractivity contribution >= 4 is 0 Å². The lowest BCUT2D eigenvalue weighted by Crippen LogP contribution is -2.22. The molecule has 0 aromatic carbocycles. The van der Waals surface area contributed by atoms with Gasteiger partial charge in [0.1, 0.15) is 0 Å². The molecule has 3 nitrogen and oxygen atoms in total. The van der Waals surface area contributed by atoms with E-state index < -0.39 is 0 Å². The highest BCUT2D eigenvalue weighted by Gasteiger charge is 2.17. The van der Waals surface area contributed by atoms with Crippen LogP contribution in [0.25, 0.3) is 0 Å². The van der Waals surface area contributed by atoms with E-state index in [2.05, 4.69) is 12.2 Å². The Morgan fingerprint density at radius 3 is 2.47 bits per heavy atom. The van der Waals surface area contributed by atoms with Crippen molar-refractivity contribution in [1.29, 1.82) is 0 Å². The summed E-state index contributed by atoms with van der Waals surface area (Å²) in [7, 11) is 1.74. The molecule has 3 heteroatoms. The fourth-order valence-electron chi connectivity index (χ4n) is 2.30. The van der Waals surface area contributed by atoms with Gasteiger partial charge in [-0.1, -0.05) is 6.92 Å². The van der Waals surface area contributed by atoms with Crippen LogP contribution in [0, 0.1) is 5.92 Å². The molecule has 0 unspecified atom stereocenters. The Kier molecular flexibility index (Phi) is 8.67. The lowest BCUT2D eigenvalue weighted by Gasteiger charge is -2.26. The van der Waals surface area contributed by atoms with Crippen molar-refractivity contribution in [2.24, 2.45) is 5.92 Å². The van der Waals surface area contributed by atoms with Gasteiger partial charge in [-0.3, -0.25) is 0 Å². The summed E-state index contributed by atoms with van der Waals surface area (Å²) in [6, 6.07) is 0. The molecule has 1 aliphatic rings. The molecule has 0 radical (unpaired) electrons. The zero-order valence-corrected chi connectivity index (χ0v) is 11.5. The topological polar surface area (TPSA) is 30.5 Å². The minimum absolute atomic E-state index is 0.549. The van der Waals surface area contributed by atoms with E-state index in [0.717, 1.165) is 32.2 Å². The largest absolute Gasteiger partial charge is 0.383 e. The van der Waals surface area contributed by atoms with E-state index in [1.807, 2.05) is 0 Å². The maximum absolute atomic E-state index is 5.91. The van der Waals surface area contributed by atoms with E-state index in [9.17, 15) is 0 Å². The second-order valence-electron chi connectivity index (χ2n) is 5.20. The van der Waals surface area contributed by atoms with Crippen LogP contribution in [0.1, 0.15) is 45.4 Å². The smallest absolute Gasteiger partial charge is 0.0587 e. The van der Waals surface area contributed by atoms with Crippen LogP contribution in [0.5, 0.6) is 0 Å². The molecule has 0 heterocycles. The molecule has 1 aliphatic carbocycles. The van der Waals surface area contributed by atoms with Crippen molar-refractivity contribution in [3.8, 4) is 0 Å². The van der Waals surface area contributed by atoms with Crippen LogP contribution in [0.15, 0.2) is 0 Å². The van der Waals surface area contributed by atoms with Gasteiger partial charge in [-0.25, -0.2) is 0 Å². The van der Waals surface area contributed by atoms with Crippen LogP contribution in [0.2, 0.25) is 0 Å². The van der Waals surface area contributed by atoms with Crippen LogP contribution in [-0.2, 0) is 9.47 Å². The predicted molar refractivity (Wildman–Crippen MR) is 71.4 cm³/mol. The van der Waals surface area contributed by atoms with Gasteiger partial charge < -0.3 is 14.8 Å². The lowest BCUT2D eigenvalue weighted by molar-refractivity contribution is 0.0181. The molecule has 1 saturated carbocycles. The second kappa shape index (κ2) is 9.86. The number of hydrogen-bond donors (Lipinski definition) is 1. The Bertz CT molecular complexity index is 168. The average molecular weight is 243 g/mol. The van der Waals surface area contributed by atoms with E-state index >= 15 is 0 Å². The van der Waals surface area contributed by atoms with Crippen LogP contribution in [0.3, 0.4) is 0 Å². The second-order valence-corrected chi connectivity index (χ2v) is 5.20. The third-order valence-corrected chi connectivity index (χ3v) is 3.55. The highest BCUT2D eigenvalue weighted by atomic mass is 16.5. The lowest BCUT2D eigenvalue weighted by atomic mass is 9.89. The van der Waals surface area contributed by atoms with Crippen molar-refractivity contribution in [3.05, 3.63) is 0 Å². The molecule has 0 aromatic heterocycles. The van der Waals surface area contributed by atoms with Gasteiger partial charge in [-0.05, 0) is 51.0 Å². The van der Waals surface area contributed by atoms with E-state index in [1.54, 1.807) is 7.11 Å². The van der Waals surface area contributed by atoms with E-state index in [-0.39, 0.29) is 0 Å². The summed E-state index contributed by atoms with van der Waals surface area (Å²) in [6.45, 7) is 6.12. The van der Waals surface area contributed by atoms with E-state index in [1.165, 1.54) is 38.5 Å². The molecule has 0 aromatic rings. The molecular weight excluding hydrogens is 214 g/mol. The Labute approximate surface area is 106 Å². The first-order valence-electron chi connectivity index (χ1n) is 7.14. The fraction of sp³-hybridized carbons (Fsp3) is 1.00. The molecule has 0 atom stereocenters. The maximum Gasteiger partial charge on any atom is 0.0587 e. The van der Waals surface area contributed by atoms with Gasteiger partial charge in [0.15, 0.2) is 0 Å². The molecule has 1 N–H and O–H groups in total. The number of unbranched alkanes of at least 4 members (excludes halogenated alkanes) is 1. The number of methoxy groups -OCH3 is 1. The fourth-order valence-corrected chi connectivity index (χ4v) is 2.30.